The minimum atomic E-state index is -0.0961. The maximum absolute atomic E-state index is 10.6. The lowest BCUT2D eigenvalue weighted by atomic mass is 9.51. The van der Waals surface area contributed by atoms with E-state index in [4.69, 9.17) is 0 Å². The van der Waals surface area contributed by atoms with Gasteiger partial charge >= 0.3 is 0 Å². The molecule has 258 valence electrons. The van der Waals surface area contributed by atoms with E-state index in [0.29, 0.717) is 5.41 Å². The molecule has 2 heterocycles. The molecule has 4 atom stereocenters. The van der Waals surface area contributed by atoms with Crippen LogP contribution < -0.4 is 0 Å². The van der Waals surface area contributed by atoms with Crippen molar-refractivity contribution in [3.63, 3.8) is 0 Å². The summed E-state index contributed by atoms with van der Waals surface area (Å²) in [6.45, 7) is 36.6. The highest BCUT2D eigenvalue weighted by Crippen LogP contribution is 2.69. The van der Waals surface area contributed by atoms with Crippen molar-refractivity contribution in [3.8, 4) is 0 Å². The minimum Gasteiger partial charge on any atom is -0.396 e. The maximum atomic E-state index is 10.6. The predicted octanol–water partition coefficient (Wildman–Crippen LogP) is 12.4. The summed E-state index contributed by atoms with van der Waals surface area (Å²) in [7, 11) is 0. The van der Waals surface area contributed by atoms with E-state index in [-0.39, 0.29) is 44.6 Å². The van der Waals surface area contributed by atoms with E-state index < -0.39 is 0 Å². The van der Waals surface area contributed by atoms with Gasteiger partial charge in [-0.1, -0.05) is 121 Å². The molecule has 2 fully saturated rings. The van der Waals surface area contributed by atoms with Gasteiger partial charge in [0.05, 0.1) is 0 Å². The molecule has 0 bridgehead atoms. The number of nitrogens with zero attached hydrogens (tertiary/aromatic N) is 1. The first-order valence-corrected chi connectivity index (χ1v) is 19.5. The second-order valence-electron chi connectivity index (χ2n) is 16.2. The summed E-state index contributed by atoms with van der Waals surface area (Å²) in [6, 6.07) is 0. The predicted molar refractivity (Wildman–Crippen MR) is 196 cm³/mol. The zero-order chi connectivity index (χ0) is 33.7. The van der Waals surface area contributed by atoms with Crippen molar-refractivity contribution in [2.45, 2.75) is 186 Å². The molecule has 0 aromatic heterocycles. The van der Waals surface area contributed by atoms with Crippen LogP contribution >= 0.6 is 0 Å². The van der Waals surface area contributed by atoms with Crippen molar-refractivity contribution < 1.29 is 5.11 Å². The van der Waals surface area contributed by atoms with Gasteiger partial charge in [-0.25, -0.2) is 0 Å². The van der Waals surface area contributed by atoms with E-state index in [2.05, 4.69) is 126 Å². The van der Waals surface area contributed by atoms with Crippen LogP contribution in [0.3, 0.4) is 0 Å². The van der Waals surface area contributed by atoms with Crippen molar-refractivity contribution in [2.75, 3.05) is 19.7 Å². The Bertz CT molecular complexity index is 941. The highest BCUT2D eigenvalue weighted by Gasteiger charge is 2.70. The van der Waals surface area contributed by atoms with Crippen LogP contribution in [0.15, 0.2) is 24.3 Å². The number of hydrogen-bond acceptors (Lipinski definition) is 2. The summed E-state index contributed by atoms with van der Waals surface area (Å²) < 4.78 is 0. The van der Waals surface area contributed by atoms with Gasteiger partial charge < -0.3 is 5.11 Å². The van der Waals surface area contributed by atoms with Crippen LogP contribution in [-0.2, 0) is 0 Å². The molecule has 2 nitrogen and oxygen atoms in total. The molecule has 0 aromatic rings. The van der Waals surface area contributed by atoms with Gasteiger partial charge in [0.15, 0.2) is 0 Å². The number of aliphatic hydroxyl groups is 1. The number of fused-ring (bicyclic) bond motifs is 1. The average Bonchev–Trinajstić information content (AvgIpc) is 3.35. The van der Waals surface area contributed by atoms with Crippen LogP contribution in [0.4, 0.5) is 0 Å². The molecule has 0 aromatic carbocycles. The fraction of sp³-hybridized carbons (Fsp3) is 0.905. The van der Waals surface area contributed by atoms with Crippen LogP contribution in [0.1, 0.15) is 180 Å². The Labute approximate surface area is 277 Å². The molecule has 2 heteroatoms. The van der Waals surface area contributed by atoms with Gasteiger partial charge in [0.25, 0.3) is 0 Å². The zero-order valence-electron chi connectivity index (χ0n) is 32.5. The molecular formula is C42H79NO. The molecule has 44 heavy (non-hydrogen) atoms. The van der Waals surface area contributed by atoms with Gasteiger partial charge in [-0.3, -0.25) is 4.90 Å². The average molecular weight is 614 g/mol. The molecule has 4 unspecified atom stereocenters. The second-order valence-corrected chi connectivity index (χ2v) is 16.2. The zero-order valence-corrected chi connectivity index (χ0v) is 32.5. The highest BCUT2D eigenvalue weighted by atomic mass is 16.3. The standard InChI is InChI=1S/C42H79NO/c1-15-35(13,16-2)37(18-4,19-5)28-30-40(24-10)32-43-33-41(25-11,31-42(40,43)26-12)39(22-8,23-9)29-27-38(20-6,21-7)36(14,17-3)34-44/h27-30,44H,15-26,31-34H2,1-14H3/b29-27+,30-28+. The topological polar surface area (TPSA) is 23.5 Å². The van der Waals surface area contributed by atoms with Crippen molar-refractivity contribution >= 4 is 0 Å². The van der Waals surface area contributed by atoms with E-state index in [1.54, 1.807) is 0 Å². The molecule has 0 saturated carbocycles. The lowest BCUT2D eigenvalue weighted by molar-refractivity contribution is -0.108. The summed E-state index contributed by atoms with van der Waals surface area (Å²) in [4.78, 5) is 2.95. The fourth-order valence-corrected chi connectivity index (χ4v) is 11.4. The highest BCUT2D eigenvalue weighted by molar-refractivity contribution is 5.31. The molecule has 0 aliphatic carbocycles. The Morgan fingerprint density at radius 3 is 1.43 bits per heavy atom. The van der Waals surface area contributed by atoms with Gasteiger partial charge in [-0.15, -0.1) is 0 Å². The van der Waals surface area contributed by atoms with Gasteiger partial charge in [-0.2, -0.15) is 0 Å². The molecule has 2 aliphatic heterocycles. The Kier molecular flexibility index (Phi) is 13.2. The van der Waals surface area contributed by atoms with E-state index in [0.717, 1.165) is 19.3 Å². The number of hydrogen-bond donors (Lipinski definition) is 1. The lowest BCUT2D eigenvalue weighted by Crippen LogP contribution is -2.70. The summed E-state index contributed by atoms with van der Waals surface area (Å²) in [5.41, 5.74) is 1.44. The van der Waals surface area contributed by atoms with Gasteiger partial charge in [0.1, 0.15) is 0 Å². The summed E-state index contributed by atoms with van der Waals surface area (Å²) in [5.74, 6) is 0. The molecule has 0 spiro atoms. The summed E-state index contributed by atoms with van der Waals surface area (Å²) >= 11 is 0. The molecule has 2 aliphatic rings. The van der Waals surface area contributed by atoms with Crippen LogP contribution in [0.2, 0.25) is 0 Å². The monoisotopic (exact) mass is 614 g/mol. The second kappa shape index (κ2) is 14.7. The SMILES string of the molecule is CCC(C)(CC)C(/C=C/C1(CC)CN2CC(CC)(C(/C=C/C(CC)(CC)C(C)(CC)CO)(CC)CC)CC21CC)(CC)CC. The fourth-order valence-electron chi connectivity index (χ4n) is 11.4. The van der Waals surface area contributed by atoms with Gasteiger partial charge in [-0.05, 0) is 116 Å². The molecular weight excluding hydrogens is 534 g/mol. The molecule has 1 N–H and O–H groups in total. The van der Waals surface area contributed by atoms with E-state index in [9.17, 15) is 5.11 Å². The number of aliphatic hydroxyl groups excluding tert-OH is 1. The van der Waals surface area contributed by atoms with Crippen LogP contribution in [0.5, 0.6) is 0 Å². The minimum absolute atomic E-state index is 0.0199. The van der Waals surface area contributed by atoms with E-state index in [1.807, 2.05) is 0 Å². The van der Waals surface area contributed by atoms with Crippen LogP contribution in [-0.4, -0.2) is 35.2 Å². The number of allylic oxidation sites excluding steroid dienone is 3. The quantitative estimate of drug-likeness (QED) is 0.138. The van der Waals surface area contributed by atoms with Crippen molar-refractivity contribution in [3.05, 3.63) is 24.3 Å². The Morgan fingerprint density at radius 2 is 1.07 bits per heavy atom. The van der Waals surface area contributed by atoms with E-state index >= 15 is 0 Å². The third-order valence-electron chi connectivity index (χ3n) is 16.4. The third-order valence-corrected chi connectivity index (χ3v) is 16.4. The largest absolute Gasteiger partial charge is 0.396 e. The van der Waals surface area contributed by atoms with Crippen molar-refractivity contribution in [1.29, 1.82) is 0 Å². The maximum Gasteiger partial charge on any atom is 0.0492 e. The molecule has 2 rings (SSSR count). The summed E-state index contributed by atoms with van der Waals surface area (Å²) in [6.07, 6.45) is 26.3. The first kappa shape index (κ1) is 39.6. The molecule has 0 amide bonds. The van der Waals surface area contributed by atoms with Gasteiger partial charge in [0.2, 0.25) is 0 Å². The normalized spacial score (nSPS) is 28.5. The molecule has 2 saturated heterocycles. The van der Waals surface area contributed by atoms with Crippen LogP contribution in [0.25, 0.3) is 0 Å². The lowest BCUT2D eigenvalue weighted by Gasteiger charge is -2.63. The summed E-state index contributed by atoms with van der Waals surface area (Å²) in [5, 5.41) is 10.6. The number of rotatable bonds is 20. The van der Waals surface area contributed by atoms with E-state index in [1.165, 1.54) is 77.3 Å². The van der Waals surface area contributed by atoms with Crippen LogP contribution in [0, 0.1) is 37.9 Å². The Hall–Kier alpha value is -0.600. The van der Waals surface area contributed by atoms with Crippen molar-refractivity contribution in [2.24, 2.45) is 37.9 Å². The third kappa shape index (κ3) is 5.54. The Balaban J connectivity index is 2.69. The molecule has 0 radical (unpaired) electrons. The first-order chi connectivity index (χ1) is 20.7. The smallest absolute Gasteiger partial charge is 0.0492 e. The van der Waals surface area contributed by atoms with Crippen molar-refractivity contribution in [1.82, 2.24) is 4.90 Å². The first-order valence-electron chi connectivity index (χ1n) is 19.5. The van der Waals surface area contributed by atoms with Gasteiger partial charge in [0, 0.05) is 30.7 Å². The Morgan fingerprint density at radius 1 is 0.568 bits per heavy atom.